The van der Waals surface area contributed by atoms with Crippen LogP contribution in [-0.2, 0) is 0 Å². The highest BCUT2D eigenvalue weighted by atomic mass is 16.4. The third-order valence-electron chi connectivity index (χ3n) is 4.46. The van der Waals surface area contributed by atoms with Crippen LogP contribution in [0.3, 0.4) is 0 Å². The van der Waals surface area contributed by atoms with Crippen LogP contribution in [0, 0.1) is 12.8 Å². The highest BCUT2D eigenvalue weighted by molar-refractivity contribution is 5.92. The number of nitrogens with zero attached hydrogens (tertiary/aromatic N) is 2. The number of hydrogen-bond donors (Lipinski definition) is 1. The molecule has 20 heavy (non-hydrogen) atoms. The van der Waals surface area contributed by atoms with E-state index in [-0.39, 0.29) is 0 Å². The Hall–Kier alpha value is -1.84. The number of carbonyl (C=O) groups is 1. The van der Waals surface area contributed by atoms with Crippen LogP contribution in [0.15, 0.2) is 18.2 Å². The molecule has 0 radical (unpaired) electrons. The second-order valence-electron chi connectivity index (χ2n) is 5.95. The predicted molar refractivity (Wildman–Crippen MR) is 78.1 cm³/mol. The van der Waals surface area contributed by atoms with Crippen molar-refractivity contribution in [2.75, 3.05) is 0 Å². The van der Waals surface area contributed by atoms with Gasteiger partial charge in [0.05, 0.1) is 16.6 Å². The average Bonchev–Trinajstić information content (AvgIpc) is 2.75. The number of carboxylic acid groups (broad SMARTS) is 1. The van der Waals surface area contributed by atoms with E-state index in [0.29, 0.717) is 11.6 Å². The average molecular weight is 272 g/mol. The van der Waals surface area contributed by atoms with Crippen molar-refractivity contribution >= 4 is 17.0 Å². The van der Waals surface area contributed by atoms with Gasteiger partial charge in [0.25, 0.3) is 0 Å². The number of hydrogen-bond acceptors (Lipinski definition) is 2. The van der Waals surface area contributed by atoms with E-state index in [1.165, 1.54) is 12.8 Å². The summed E-state index contributed by atoms with van der Waals surface area (Å²) < 4.78 is 2.24. The zero-order valence-electron chi connectivity index (χ0n) is 12.0. The van der Waals surface area contributed by atoms with E-state index in [9.17, 15) is 4.79 Å². The molecule has 0 atom stereocenters. The Bertz CT molecular complexity index is 652. The molecule has 2 aromatic rings. The second kappa shape index (κ2) is 4.93. The molecule has 0 bridgehead atoms. The molecule has 1 aliphatic rings. The molecule has 0 aliphatic heterocycles. The summed E-state index contributed by atoms with van der Waals surface area (Å²) in [5, 5.41) is 9.16. The van der Waals surface area contributed by atoms with Gasteiger partial charge in [-0.3, -0.25) is 0 Å². The minimum absolute atomic E-state index is 0.336. The Labute approximate surface area is 118 Å². The molecule has 0 saturated heterocycles. The van der Waals surface area contributed by atoms with E-state index in [0.717, 1.165) is 35.6 Å². The summed E-state index contributed by atoms with van der Waals surface area (Å²) in [7, 11) is 0. The fourth-order valence-corrected chi connectivity index (χ4v) is 3.31. The lowest BCUT2D eigenvalue weighted by molar-refractivity contribution is 0.0697. The molecular weight excluding hydrogens is 252 g/mol. The van der Waals surface area contributed by atoms with Crippen LogP contribution in [0.2, 0.25) is 0 Å². The van der Waals surface area contributed by atoms with Crippen molar-refractivity contribution in [2.45, 2.75) is 45.6 Å². The van der Waals surface area contributed by atoms with Gasteiger partial charge in [-0.15, -0.1) is 0 Å². The molecule has 0 amide bonds. The van der Waals surface area contributed by atoms with E-state index in [1.54, 1.807) is 12.1 Å². The van der Waals surface area contributed by atoms with Crippen LogP contribution in [0.4, 0.5) is 0 Å². The van der Waals surface area contributed by atoms with Crippen LogP contribution in [0.1, 0.15) is 54.8 Å². The largest absolute Gasteiger partial charge is 0.478 e. The Kier molecular flexibility index (Phi) is 3.24. The molecule has 1 heterocycles. The van der Waals surface area contributed by atoms with Gasteiger partial charge in [0.15, 0.2) is 0 Å². The van der Waals surface area contributed by atoms with Gasteiger partial charge in [-0.1, -0.05) is 6.92 Å². The number of benzene rings is 1. The molecule has 1 aromatic heterocycles. The number of aryl methyl sites for hydroxylation is 1. The summed E-state index contributed by atoms with van der Waals surface area (Å²) in [6.45, 7) is 4.32. The molecule has 106 valence electrons. The maximum absolute atomic E-state index is 11.2. The highest BCUT2D eigenvalue weighted by Crippen LogP contribution is 2.35. The lowest BCUT2D eigenvalue weighted by atomic mass is 9.87. The van der Waals surface area contributed by atoms with Gasteiger partial charge < -0.3 is 9.67 Å². The van der Waals surface area contributed by atoms with Crippen LogP contribution >= 0.6 is 0 Å². The van der Waals surface area contributed by atoms with E-state index in [4.69, 9.17) is 5.11 Å². The summed E-state index contributed by atoms with van der Waals surface area (Å²) >= 11 is 0. The van der Waals surface area contributed by atoms with Gasteiger partial charge in [-0.05, 0) is 56.7 Å². The quantitative estimate of drug-likeness (QED) is 0.904. The minimum atomic E-state index is -0.880. The van der Waals surface area contributed by atoms with Crippen molar-refractivity contribution in [2.24, 2.45) is 5.92 Å². The van der Waals surface area contributed by atoms with Crippen molar-refractivity contribution in [3.8, 4) is 0 Å². The molecule has 0 unspecified atom stereocenters. The molecule has 4 heteroatoms. The Morgan fingerprint density at radius 3 is 2.65 bits per heavy atom. The van der Waals surface area contributed by atoms with E-state index in [2.05, 4.69) is 16.5 Å². The molecule has 1 aliphatic carbocycles. The van der Waals surface area contributed by atoms with Gasteiger partial charge in [0.2, 0.25) is 0 Å². The van der Waals surface area contributed by atoms with Crippen molar-refractivity contribution in [1.82, 2.24) is 9.55 Å². The molecular formula is C16H20N2O2. The van der Waals surface area contributed by atoms with Crippen molar-refractivity contribution in [3.05, 3.63) is 29.6 Å². The maximum Gasteiger partial charge on any atom is 0.335 e. The van der Waals surface area contributed by atoms with Crippen molar-refractivity contribution in [1.29, 1.82) is 0 Å². The molecule has 1 aromatic carbocycles. The van der Waals surface area contributed by atoms with Gasteiger partial charge >= 0.3 is 5.97 Å². The Morgan fingerprint density at radius 2 is 2.00 bits per heavy atom. The minimum Gasteiger partial charge on any atom is -0.478 e. The Balaban J connectivity index is 2.06. The number of aromatic carboxylic acids is 1. The molecule has 1 fully saturated rings. The van der Waals surface area contributed by atoms with Crippen molar-refractivity contribution < 1.29 is 9.90 Å². The third kappa shape index (κ3) is 2.19. The first kappa shape index (κ1) is 13.2. The number of carboxylic acids is 1. The number of imidazole rings is 1. The monoisotopic (exact) mass is 272 g/mol. The fourth-order valence-electron chi connectivity index (χ4n) is 3.31. The smallest absolute Gasteiger partial charge is 0.335 e. The standard InChI is InChI=1S/C16H20N2O2/c1-10-3-6-13(7-4-10)18-11(2)17-14-8-5-12(16(19)20)9-15(14)18/h5,8-10,13H,3-4,6-7H2,1-2H3,(H,19,20). The predicted octanol–water partition coefficient (Wildman–Crippen LogP) is 3.79. The highest BCUT2D eigenvalue weighted by Gasteiger charge is 2.23. The maximum atomic E-state index is 11.2. The topological polar surface area (TPSA) is 55.1 Å². The SMILES string of the molecule is Cc1nc2ccc(C(=O)O)cc2n1C1CCC(C)CC1. The van der Waals surface area contributed by atoms with Gasteiger partial charge in [0, 0.05) is 6.04 Å². The zero-order chi connectivity index (χ0) is 14.3. The van der Waals surface area contributed by atoms with Crippen molar-refractivity contribution in [3.63, 3.8) is 0 Å². The van der Waals surface area contributed by atoms with E-state index < -0.39 is 5.97 Å². The summed E-state index contributed by atoms with van der Waals surface area (Å²) in [5.41, 5.74) is 2.19. The van der Waals surface area contributed by atoms with Gasteiger partial charge in [-0.2, -0.15) is 0 Å². The molecule has 1 N–H and O–H groups in total. The number of fused-ring (bicyclic) bond motifs is 1. The summed E-state index contributed by atoms with van der Waals surface area (Å²) in [6.07, 6.45) is 4.79. The molecule has 3 rings (SSSR count). The second-order valence-corrected chi connectivity index (χ2v) is 5.95. The normalized spacial score (nSPS) is 23.1. The summed E-state index contributed by atoms with van der Waals surface area (Å²) in [4.78, 5) is 15.7. The van der Waals surface area contributed by atoms with Gasteiger partial charge in [0.1, 0.15) is 5.82 Å². The molecule has 1 saturated carbocycles. The fraction of sp³-hybridized carbons (Fsp3) is 0.500. The molecule has 0 spiro atoms. The zero-order valence-corrected chi connectivity index (χ0v) is 12.0. The van der Waals surface area contributed by atoms with E-state index in [1.807, 2.05) is 13.0 Å². The number of aromatic nitrogens is 2. The first-order chi connectivity index (χ1) is 9.56. The van der Waals surface area contributed by atoms with Crippen LogP contribution in [0.5, 0.6) is 0 Å². The van der Waals surface area contributed by atoms with Crippen LogP contribution in [0.25, 0.3) is 11.0 Å². The Morgan fingerprint density at radius 1 is 1.30 bits per heavy atom. The molecule has 4 nitrogen and oxygen atoms in total. The van der Waals surface area contributed by atoms with Crippen LogP contribution < -0.4 is 0 Å². The number of rotatable bonds is 2. The van der Waals surface area contributed by atoms with E-state index >= 15 is 0 Å². The first-order valence-electron chi connectivity index (χ1n) is 7.28. The lowest BCUT2D eigenvalue weighted by Gasteiger charge is -2.28. The third-order valence-corrected chi connectivity index (χ3v) is 4.46. The first-order valence-corrected chi connectivity index (χ1v) is 7.28. The summed E-state index contributed by atoms with van der Waals surface area (Å²) in [5.74, 6) is 0.910. The lowest BCUT2D eigenvalue weighted by Crippen LogP contribution is -2.17. The summed E-state index contributed by atoms with van der Waals surface area (Å²) in [6, 6.07) is 5.66. The van der Waals surface area contributed by atoms with Crippen LogP contribution in [-0.4, -0.2) is 20.6 Å². The van der Waals surface area contributed by atoms with Gasteiger partial charge in [-0.25, -0.2) is 9.78 Å².